The number of aliphatic hydroxyl groups is 1. The molecule has 19 heavy (non-hydrogen) atoms. The Balaban J connectivity index is 1.76. The number of fused-ring (bicyclic) bond motifs is 3. The van der Waals surface area contributed by atoms with Gasteiger partial charge in [-0.2, -0.15) is 0 Å². The van der Waals surface area contributed by atoms with Gasteiger partial charge in [0.25, 0.3) is 0 Å². The number of rotatable bonds is 1. The molecule has 1 aromatic carbocycles. The summed E-state index contributed by atoms with van der Waals surface area (Å²) in [4.78, 5) is 4.36. The lowest BCUT2D eigenvalue weighted by Crippen LogP contribution is -2.46. The molecule has 2 aliphatic rings. The van der Waals surface area contributed by atoms with Crippen LogP contribution in [0.3, 0.4) is 0 Å². The maximum atomic E-state index is 11.0. The first-order chi connectivity index (χ1) is 9.12. The van der Waals surface area contributed by atoms with Crippen LogP contribution >= 0.6 is 0 Å². The summed E-state index contributed by atoms with van der Waals surface area (Å²) in [5, 5.41) is 14.6. The Morgan fingerprint density at radius 3 is 2.79 bits per heavy atom. The minimum Gasteiger partial charge on any atom is -0.441 e. The third kappa shape index (κ3) is 1.78. The van der Waals surface area contributed by atoms with Gasteiger partial charge < -0.3 is 14.8 Å². The average Bonchev–Trinajstić information content (AvgIpc) is 2.90. The molecule has 2 aromatic rings. The van der Waals surface area contributed by atoms with Gasteiger partial charge in [-0.15, -0.1) is 0 Å². The molecule has 2 N–H and O–H groups in total. The summed E-state index contributed by atoms with van der Waals surface area (Å²) in [6.07, 6.45) is 3.95. The number of hydrogen-bond donors (Lipinski definition) is 2. The standard InChI is InChI=1S/C15H18N2O2/c1-9-16-13-6-10(2-5-14(13)19-9)15(18)7-11-3-4-12(8-15)17-11/h2,5-6,11-12,17-18H,3-4,7-8H2,1H3. The highest BCUT2D eigenvalue weighted by atomic mass is 16.3. The minimum atomic E-state index is -0.710. The van der Waals surface area contributed by atoms with Crippen LogP contribution in [0.15, 0.2) is 22.6 Å². The third-order valence-electron chi connectivity index (χ3n) is 4.54. The van der Waals surface area contributed by atoms with Crippen LogP contribution in [0.5, 0.6) is 0 Å². The lowest BCUT2D eigenvalue weighted by atomic mass is 9.81. The van der Waals surface area contributed by atoms with E-state index in [0.29, 0.717) is 18.0 Å². The molecule has 2 fully saturated rings. The molecule has 2 saturated heterocycles. The molecular formula is C15H18N2O2. The maximum Gasteiger partial charge on any atom is 0.192 e. The molecule has 2 aliphatic heterocycles. The molecular weight excluding hydrogens is 240 g/mol. The van der Waals surface area contributed by atoms with Crippen LogP contribution in [0, 0.1) is 6.92 Å². The van der Waals surface area contributed by atoms with Crippen molar-refractivity contribution in [3.05, 3.63) is 29.7 Å². The fourth-order valence-corrected chi connectivity index (χ4v) is 3.69. The Labute approximate surface area is 111 Å². The molecule has 0 aliphatic carbocycles. The summed E-state index contributed by atoms with van der Waals surface area (Å²) in [5.41, 5.74) is 1.90. The Morgan fingerprint density at radius 1 is 1.32 bits per heavy atom. The van der Waals surface area contributed by atoms with Gasteiger partial charge in [0.15, 0.2) is 11.5 Å². The Morgan fingerprint density at radius 2 is 2.05 bits per heavy atom. The number of nitrogens with zero attached hydrogens (tertiary/aromatic N) is 1. The number of hydrogen-bond acceptors (Lipinski definition) is 4. The number of benzene rings is 1. The zero-order valence-electron chi connectivity index (χ0n) is 11.0. The van der Waals surface area contributed by atoms with E-state index in [1.54, 1.807) is 0 Å². The molecule has 1 aromatic heterocycles. The second-order valence-corrected chi connectivity index (χ2v) is 5.99. The fourth-order valence-electron chi connectivity index (χ4n) is 3.69. The molecule has 4 rings (SSSR count). The van der Waals surface area contributed by atoms with Gasteiger partial charge in [0.1, 0.15) is 5.52 Å². The van der Waals surface area contributed by atoms with Crippen molar-refractivity contribution in [2.24, 2.45) is 0 Å². The van der Waals surface area contributed by atoms with Crippen molar-refractivity contribution in [2.45, 2.75) is 50.3 Å². The summed E-state index contributed by atoms with van der Waals surface area (Å²) in [6.45, 7) is 1.85. The number of piperidine rings is 1. The monoisotopic (exact) mass is 258 g/mol. The third-order valence-corrected chi connectivity index (χ3v) is 4.54. The highest BCUT2D eigenvalue weighted by Crippen LogP contribution is 2.41. The zero-order valence-corrected chi connectivity index (χ0v) is 11.0. The number of aromatic nitrogens is 1. The van der Waals surface area contributed by atoms with Gasteiger partial charge in [0, 0.05) is 19.0 Å². The Bertz CT molecular complexity index is 622. The fraction of sp³-hybridized carbons (Fsp3) is 0.533. The molecule has 0 saturated carbocycles. The lowest BCUT2D eigenvalue weighted by molar-refractivity contribution is -0.0113. The topological polar surface area (TPSA) is 58.3 Å². The second-order valence-electron chi connectivity index (χ2n) is 5.99. The molecule has 4 nitrogen and oxygen atoms in total. The molecule has 4 heteroatoms. The largest absolute Gasteiger partial charge is 0.441 e. The molecule has 2 unspecified atom stereocenters. The van der Waals surface area contributed by atoms with Crippen molar-refractivity contribution in [3.8, 4) is 0 Å². The summed E-state index contributed by atoms with van der Waals surface area (Å²) >= 11 is 0. The smallest absolute Gasteiger partial charge is 0.192 e. The van der Waals surface area contributed by atoms with Crippen LogP contribution < -0.4 is 5.32 Å². The van der Waals surface area contributed by atoms with E-state index in [1.165, 1.54) is 12.8 Å². The first-order valence-corrected chi connectivity index (χ1v) is 6.98. The normalized spacial score (nSPS) is 34.0. The molecule has 0 amide bonds. The summed E-state index contributed by atoms with van der Waals surface area (Å²) < 4.78 is 5.49. The first-order valence-electron chi connectivity index (χ1n) is 6.98. The highest BCUT2D eigenvalue weighted by molar-refractivity contribution is 5.73. The predicted octanol–water partition coefficient (Wildman–Crippen LogP) is 2.24. The Kier molecular flexibility index (Phi) is 2.29. The van der Waals surface area contributed by atoms with Gasteiger partial charge in [0.05, 0.1) is 5.60 Å². The SMILES string of the molecule is Cc1nc2cc(C3(O)CC4CCC(C3)N4)ccc2o1. The van der Waals surface area contributed by atoms with Crippen LogP contribution in [0.2, 0.25) is 0 Å². The van der Waals surface area contributed by atoms with Crippen LogP contribution in [-0.4, -0.2) is 22.2 Å². The molecule has 3 heterocycles. The van der Waals surface area contributed by atoms with E-state index in [9.17, 15) is 5.11 Å². The number of nitrogens with one attached hydrogen (secondary N) is 1. The van der Waals surface area contributed by atoms with Crippen molar-refractivity contribution in [1.82, 2.24) is 10.3 Å². The van der Waals surface area contributed by atoms with E-state index in [1.807, 2.05) is 25.1 Å². The van der Waals surface area contributed by atoms with E-state index in [0.717, 1.165) is 29.5 Å². The lowest BCUT2D eigenvalue weighted by Gasteiger charge is -2.37. The summed E-state index contributed by atoms with van der Waals surface area (Å²) in [7, 11) is 0. The van der Waals surface area contributed by atoms with Crippen LogP contribution in [0.4, 0.5) is 0 Å². The van der Waals surface area contributed by atoms with Crippen molar-refractivity contribution >= 4 is 11.1 Å². The molecule has 2 bridgehead atoms. The number of aryl methyl sites for hydroxylation is 1. The maximum absolute atomic E-state index is 11.0. The summed E-state index contributed by atoms with van der Waals surface area (Å²) in [5.74, 6) is 0.671. The van der Waals surface area contributed by atoms with Crippen molar-refractivity contribution in [1.29, 1.82) is 0 Å². The van der Waals surface area contributed by atoms with E-state index < -0.39 is 5.60 Å². The first kappa shape index (κ1) is 11.4. The van der Waals surface area contributed by atoms with Crippen molar-refractivity contribution in [2.75, 3.05) is 0 Å². The van der Waals surface area contributed by atoms with Crippen LogP contribution in [0.1, 0.15) is 37.1 Å². The van der Waals surface area contributed by atoms with Gasteiger partial charge in [-0.3, -0.25) is 0 Å². The quantitative estimate of drug-likeness (QED) is 0.823. The highest BCUT2D eigenvalue weighted by Gasteiger charge is 2.43. The van der Waals surface area contributed by atoms with Gasteiger partial charge in [-0.25, -0.2) is 4.98 Å². The van der Waals surface area contributed by atoms with Gasteiger partial charge in [-0.1, -0.05) is 6.07 Å². The van der Waals surface area contributed by atoms with E-state index >= 15 is 0 Å². The van der Waals surface area contributed by atoms with Gasteiger partial charge >= 0.3 is 0 Å². The zero-order chi connectivity index (χ0) is 13.0. The average molecular weight is 258 g/mol. The van der Waals surface area contributed by atoms with Crippen molar-refractivity contribution < 1.29 is 9.52 Å². The predicted molar refractivity (Wildman–Crippen MR) is 71.8 cm³/mol. The minimum absolute atomic E-state index is 0.457. The van der Waals surface area contributed by atoms with Gasteiger partial charge in [-0.05, 0) is 43.4 Å². The van der Waals surface area contributed by atoms with E-state index in [-0.39, 0.29) is 0 Å². The van der Waals surface area contributed by atoms with Gasteiger partial charge in [0.2, 0.25) is 0 Å². The molecule has 0 spiro atoms. The summed E-state index contributed by atoms with van der Waals surface area (Å²) in [6, 6.07) is 6.80. The van der Waals surface area contributed by atoms with Crippen LogP contribution in [0.25, 0.3) is 11.1 Å². The van der Waals surface area contributed by atoms with Crippen LogP contribution in [-0.2, 0) is 5.60 Å². The molecule has 0 radical (unpaired) electrons. The molecule has 2 atom stereocenters. The Hall–Kier alpha value is -1.39. The molecule has 100 valence electrons. The second kappa shape index (κ2) is 3.81. The van der Waals surface area contributed by atoms with E-state index in [2.05, 4.69) is 10.3 Å². The number of oxazole rings is 1. The van der Waals surface area contributed by atoms with Crippen molar-refractivity contribution in [3.63, 3.8) is 0 Å². The van der Waals surface area contributed by atoms with E-state index in [4.69, 9.17) is 4.42 Å².